The summed E-state index contributed by atoms with van der Waals surface area (Å²) in [7, 11) is -1.04. The van der Waals surface area contributed by atoms with E-state index in [0.717, 1.165) is 17.5 Å². The van der Waals surface area contributed by atoms with Crippen LogP contribution in [0.25, 0.3) is 10.9 Å². The largest absolute Gasteiger partial charge is 1.00 e. The molecule has 0 amide bonds. The predicted molar refractivity (Wildman–Crippen MR) is 110 cm³/mol. The lowest BCUT2D eigenvalue weighted by Gasteiger charge is -2.18. The molecule has 0 bridgehead atoms. The lowest BCUT2D eigenvalue weighted by molar-refractivity contribution is -0.00000792. The first kappa shape index (κ1) is 21.1. The van der Waals surface area contributed by atoms with Crippen molar-refractivity contribution >= 4 is 20.7 Å². The van der Waals surface area contributed by atoms with Crippen LogP contribution in [0.2, 0.25) is 0 Å². The number of nitrogens with one attached hydrogen (secondary N) is 1. The normalized spacial score (nSPS) is 17.7. The summed E-state index contributed by atoms with van der Waals surface area (Å²) in [6.45, 7) is 1.19. The van der Waals surface area contributed by atoms with Crippen LogP contribution in [-0.4, -0.2) is 43.7 Å². The van der Waals surface area contributed by atoms with E-state index < -0.39 is 9.84 Å². The number of rotatable bonds is 6. The van der Waals surface area contributed by atoms with Crippen LogP contribution in [0.3, 0.4) is 0 Å². The van der Waals surface area contributed by atoms with Gasteiger partial charge in [0.1, 0.15) is 0 Å². The Morgan fingerprint density at radius 2 is 1.93 bits per heavy atom. The fourth-order valence-corrected chi connectivity index (χ4v) is 5.36. The molecule has 1 aliphatic rings. The highest BCUT2D eigenvalue weighted by Crippen LogP contribution is 2.25. The molecule has 150 valence electrons. The van der Waals surface area contributed by atoms with E-state index in [9.17, 15) is 8.42 Å². The lowest BCUT2D eigenvalue weighted by Crippen LogP contribution is -3.00. The third kappa shape index (κ3) is 4.50. The van der Waals surface area contributed by atoms with Crippen LogP contribution in [-0.2, 0) is 22.7 Å². The first-order valence-electron chi connectivity index (χ1n) is 9.60. The smallest absolute Gasteiger partial charge is 0.178 e. The van der Waals surface area contributed by atoms with Crippen molar-refractivity contribution in [2.24, 2.45) is 0 Å². The molecular formula is C22H26BrN2O2S-. The van der Waals surface area contributed by atoms with E-state index in [4.69, 9.17) is 0 Å². The van der Waals surface area contributed by atoms with Gasteiger partial charge in [-0.1, -0.05) is 30.3 Å². The number of H-pyrrole nitrogens is 1. The monoisotopic (exact) mass is 461 g/mol. The first-order valence-corrected chi connectivity index (χ1v) is 11.2. The molecule has 2 heterocycles. The Labute approximate surface area is 177 Å². The molecular weight excluding hydrogens is 436 g/mol. The molecule has 0 spiro atoms. The van der Waals surface area contributed by atoms with Crippen LogP contribution in [0.1, 0.15) is 24.0 Å². The summed E-state index contributed by atoms with van der Waals surface area (Å²) in [6.07, 6.45) is 6.24. The average molecular weight is 462 g/mol. The van der Waals surface area contributed by atoms with Gasteiger partial charge in [0.2, 0.25) is 0 Å². The van der Waals surface area contributed by atoms with Gasteiger partial charge >= 0.3 is 0 Å². The Morgan fingerprint density at radius 3 is 2.64 bits per heavy atom. The maximum Gasteiger partial charge on any atom is 0.178 e. The lowest BCUT2D eigenvalue weighted by atomic mass is 10.0. The predicted octanol–water partition coefficient (Wildman–Crippen LogP) is 0.825. The van der Waals surface area contributed by atoms with Gasteiger partial charge in [-0.3, -0.25) is 0 Å². The Hall–Kier alpha value is -1.63. The second-order valence-corrected chi connectivity index (χ2v) is 9.67. The zero-order valence-corrected chi connectivity index (χ0v) is 18.5. The van der Waals surface area contributed by atoms with Crippen LogP contribution in [0.4, 0.5) is 0 Å². The minimum Gasteiger partial charge on any atom is -1.00 e. The number of hydrogen-bond acceptors (Lipinski definition) is 3. The summed E-state index contributed by atoms with van der Waals surface area (Å²) in [6, 6.07) is 15.6. The highest BCUT2D eigenvalue weighted by Gasteiger charge is 2.22. The molecule has 0 aliphatic carbocycles. The van der Waals surface area contributed by atoms with Crippen LogP contribution < -0.4 is 17.0 Å². The Morgan fingerprint density at radius 1 is 1.14 bits per heavy atom. The highest BCUT2D eigenvalue weighted by molar-refractivity contribution is 7.91. The number of likely N-dealkylation sites (tertiary alicyclic amines) is 1. The highest BCUT2D eigenvalue weighted by atomic mass is 79.9. The van der Waals surface area contributed by atoms with Gasteiger partial charge in [-0.2, -0.15) is 0 Å². The molecule has 0 saturated carbocycles. The maximum absolute atomic E-state index is 12.5. The van der Waals surface area contributed by atoms with Crippen LogP contribution in [0.5, 0.6) is 0 Å². The van der Waals surface area contributed by atoms with E-state index in [1.54, 1.807) is 24.3 Å². The number of aromatic nitrogens is 1. The number of fused-ring (bicyclic) bond motifs is 1. The number of nitrogens with zero attached hydrogens (tertiary/aromatic N) is 1. The van der Waals surface area contributed by atoms with Gasteiger partial charge in [-0.05, 0) is 68.6 Å². The van der Waals surface area contributed by atoms with Gasteiger partial charge in [-0.15, -0.1) is 0 Å². The third-order valence-electron chi connectivity index (χ3n) is 5.72. The molecule has 3 aromatic rings. The van der Waals surface area contributed by atoms with Crippen molar-refractivity contribution in [3.05, 3.63) is 65.9 Å². The number of likely N-dealkylation sites (N-methyl/N-ethyl adjacent to an activating group) is 1. The topological polar surface area (TPSA) is 53.2 Å². The fourth-order valence-electron chi connectivity index (χ4n) is 4.05. The molecule has 4 nitrogen and oxygen atoms in total. The fraction of sp³-hybridized carbons (Fsp3) is 0.364. The molecule has 1 aromatic heterocycles. The standard InChI is InChI=1S/C22H26N2O2S.BrH/c1-24-12-5-6-19(24)15-18-16-23-22-14-17(9-10-21(18)22)11-13-27(25,26)20-7-3-2-4-8-20;/h2-4,7-10,14,16,19,23H,5-6,11-13,15H2,1H3;1H/p-1/t19-;/m1./s1. The molecule has 0 unspecified atom stereocenters. The molecule has 1 aliphatic heterocycles. The molecule has 0 radical (unpaired) electrons. The van der Waals surface area contributed by atoms with Crippen molar-refractivity contribution in [3.8, 4) is 0 Å². The van der Waals surface area contributed by atoms with Gasteiger partial charge in [0, 0.05) is 23.1 Å². The summed E-state index contributed by atoms with van der Waals surface area (Å²) < 4.78 is 25.0. The summed E-state index contributed by atoms with van der Waals surface area (Å²) >= 11 is 0. The van der Waals surface area contributed by atoms with Crippen molar-refractivity contribution in [2.45, 2.75) is 36.6 Å². The second-order valence-electron chi connectivity index (χ2n) is 7.56. The summed E-state index contributed by atoms with van der Waals surface area (Å²) in [5, 5.41) is 1.25. The number of hydrogen-bond donors (Lipinski definition) is 1. The van der Waals surface area contributed by atoms with E-state index >= 15 is 0 Å². The molecule has 1 saturated heterocycles. The zero-order chi connectivity index (χ0) is 18.9. The van der Waals surface area contributed by atoms with Gasteiger partial charge in [0.25, 0.3) is 0 Å². The van der Waals surface area contributed by atoms with Gasteiger partial charge in [0.15, 0.2) is 9.84 Å². The summed E-state index contributed by atoms with van der Waals surface area (Å²) in [5.74, 6) is 0.128. The molecule has 1 atom stereocenters. The van der Waals surface area contributed by atoms with Gasteiger partial charge in [0.05, 0.1) is 10.6 Å². The molecule has 1 N–H and O–H groups in total. The third-order valence-corrected chi connectivity index (χ3v) is 7.45. The van der Waals surface area contributed by atoms with E-state index in [-0.39, 0.29) is 22.7 Å². The minimum absolute atomic E-state index is 0. The van der Waals surface area contributed by atoms with E-state index in [1.807, 2.05) is 6.07 Å². The molecule has 4 rings (SSSR count). The van der Waals surface area contributed by atoms with Crippen molar-refractivity contribution in [1.29, 1.82) is 0 Å². The zero-order valence-electron chi connectivity index (χ0n) is 16.1. The SMILES string of the molecule is CN1CCC[C@@H]1Cc1c[nH]c2cc(CCS(=O)(=O)c3ccccc3)ccc12.[Br-]. The van der Waals surface area contributed by atoms with E-state index in [0.29, 0.717) is 17.4 Å². The van der Waals surface area contributed by atoms with Crippen molar-refractivity contribution in [1.82, 2.24) is 9.88 Å². The summed E-state index contributed by atoms with van der Waals surface area (Å²) in [5.41, 5.74) is 3.50. The Bertz CT molecular complexity index is 1030. The van der Waals surface area contributed by atoms with Crippen LogP contribution in [0, 0.1) is 0 Å². The average Bonchev–Trinajstić information content (AvgIpc) is 3.27. The maximum atomic E-state index is 12.5. The quantitative estimate of drug-likeness (QED) is 0.591. The van der Waals surface area contributed by atoms with Crippen molar-refractivity contribution < 1.29 is 25.4 Å². The number of halogens is 1. The second kappa shape index (κ2) is 8.80. The Kier molecular flexibility index (Phi) is 6.63. The summed E-state index contributed by atoms with van der Waals surface area (Å²) in [4.78, 5) is 6.22. The van der Waals surface area contributed by atoms with Gasteiger partial charge < -0.3 is 26.9 Å². The first-order chi connectivity index (χ1) is 13.0. The van der Waals surface area contributed by atoms with E-state index in [2.05, 4.69) is 41.3 Å². The van der Waals surface area contributed by atoms with Crippen molar-refractivity contribution in [3.63, 3.8) is 0 Å². The van der Waals surface area contributed by atoms with E-state index in [1.165, 1.54) is 30.3 Å². The van der Waals surface area contributed by atoms with Gasteiger partial charge in [-0.25, -0.2) is 8.42 Å². The molecule has 2 aromatic carbocycles. The molecule has 28 heavy (non-hydrogen) atoms. The Balaban J connectivity index is 0.00000225. The minimum atomic E-state index is -3.24. The molecule has 1 fully saturated rings. The van der Waals surface area contributed by atoms with Crippen LogP contribution in [0.15, 0.2) is 59.6 Å². The van der Waals surface area contributed by atoms with Crippen LogP contribution >= 0.6 is 0 Å². The number of sulfone groups is 1. The number of benzene rings is 2. The number of aromatic amines is 1. The van der Waals surface area contributed by atoms with Crippen molar-refractivity contribution in [2.75, 3.05) is 19.3 Å². The number of aryl methyl sites for hydroxylation is 1. The molecule has 6 heteroatoms.